The lowest BCUT2D eigenvalue weighted by Gasteiger charge is -2.35. The number of carbonyl (C=O) groups excluding carboxylic acids is 1. The second kappa shape index (κ2) is 12.2. The van der Waals surface area contributed by atoms with Gasteiger partial charge in [-0.25, -0.2) is 9.36 Å². The van der Waals surface area contributed by atoms with E-state index < -0.39 is 89.1 Å². The number of phosphoric ester groups is 1. The minimum absolute atomic E-state index is 0.216. The number of nitrogens with zero attached hydrogens (tertiary/aromatic N) is 1. The minimum Gasteiger partial charge on any atom is -0.789 e. The summed E-state index contributed by atoms with van der Waals surface area (Å²) in [4.78, 5) is 57.7. The summed E-state index contributed by atoms with van der Waals surface area (Å²) in [5.74, 6) is 0. The van der Waals surface area contributed by atoms with Crippen molar-refractivity contribution in [3.05, 3.63) is 33.1 Å². The molecule has 1 aliphatic heterocycles. The van der Waals surface area contributed by atoms with Crippen LogP contribution in [0.25, 0.3) is 0 Å². The van der Waals surface area contributed by atoms with Gasteiger partial charge in [0, 0.05) is 12.3 Å². The molecule has 1 unspecified atom stereocenters. The molecule has 0 spiro atoms. The molecule has 1 aromatic heterocycles. The van der Waals surface area contributed by atoms with Crippen molar-refractivity contribution in [1.82, 2.24) is 9.55 Å². The van der Waals surface area contributed by atoms with Crippen molar-refractivity contribution in [1.29, 1.82) is 0 Å². The Bertz CT molecular complexity index is 1100. The molecule has 7 N–H and O–H groups in total. The maximum atomic E-state index is 12.8. The summed E-state index contributed by atoms with van der Waals surface area (Å²) >= 11 is 0. The van der Waals surface area contributed by atoms with E-state index in [-0.39, 0.29) is 6.29 Å². The monoisotopic (exact) mass is 564 g/mol. The number of aliphatic hydroxyl groups is 6. The molecule has 21 heteroatoms. The number of ether oxygens (including phenoxy) is 1. The number of phosphoric acid groups is 2. The highest BCUT2D eigenvalue weighted by Gasteiger charge is 2.46. The first-order chi connectivity index (χ1) is 16.6. The molecule has 206 valence electrons. The molecule has 36 heavy (non-hydrogen) atoms. The van der Waals surface area contributed by atoms with Gasteiger partial charge in [0.1, 0.15) is 42.7 Å². The highest BCUT2D eigenvalue weighted by Crippen LogP contribution is 2.59. The van der Waals surface area contributed by atoms with E-state index in [0.717, 1.165) is 12.3 Å². The minimum atomic E-state index is -6.17. The summed E-state index contributed by atoms with van der Waals surface area (Å²) in [5.41, 5.74) is -1.84. The van der Waals surface area contributed by atoms with Crippen molar-refractivity contribution in [3.8, 4) is 0 Å². The van der Waals surface area contributed by atoms with Gasteiger partial charge in [-0.15, -0.1) is 0 Å². The normalized spacial score (nSPS) is 27.7. The van der Waals surface area contributed by atoms with Crippen molar-refractivity contribution >= 4 is 21.9 Å². The van der Waals surface area contributed by atoms with Gasteiger partial charge in [-0.2, -0.15) is 0 Å². The molecule has 0 amide bonds. The fraction of sp³-hybridized carbons (Fsp3) is 0.667. The first-order valence-corrected chi connectivity index (χ1v) is 12.6. The van der Waals surface area contributed by atoms with E-state index >= 15 is 0 Å². The quantitative estimate of drug-likeness (QED) is 0.0865. The Morgan fingerprint density at radius 3 is 2.33 bits per heavy atom. The van der Waals surface area contributed by atoms with Gasteiger partial charge in [-0.1, -0.05) is 0 Å². The number of hydrogen-bond acceptors (Lipinski definition) is 17. The number of nitrogens with one attached hydrogen (secondary N) is 1. The van der Waals surface area contributed by atoms with Crippen LogP contribution < -0.4 is 21.0 Å². The van der Waals surface area contributed by atoms with Crippen LogP contribution in [-0.2, 0) is 32.0 Å². The zero-order valence-electron chi connectivity index (χ0n) is 17.8. The van der Waals surface area contributed by atoms with E-state index in [9.17, 15) is 63.9 Å². The Balaban J connectivity index is 2.22. The predicted molar refractivity (Wildman–Crippen MR) is 106 cm³/mol. The molecule has 2 heterocycles. The summed E-state index contributed by atoms with van der Waals surface area (Å²) in [7, 11) is -11.8. The number of H-pyrrole nitrogens is 1. The highest BCUT2D eigenvalue weighted by atomic mass is 31.3. The maximum Gasteiger partial charge on any atom is 0.479 e. The molecule has 0 aliphatic carbocycles. The van der Waals surface area contributed by atoms with E-state index in [2.05, 4.69) is 13.4 Å². The zero-order valence-corrected chi connectivity index (χ0v) is 19.6. The second-order valence-corrected chi connectivity index (χ2v) is 10.2. The van der Waals surface area contributed by atoms with Crippen molar-refractivity contribution in [2.24, 2.45) is 0 Å². The Morgan fingerprint density at radius 2 is 1.81 bits per heavy atom. The molecule has 9 atom stereocenters. The standard InChI is InChI=1S/C15H24N2O17P2/c18-3-6(20)10(22)11(23)7(4-19)33-36(30,34-35(27,28)29)31-5-8-12(24)13(25)14(32-8)17-2-1-9(21)16-15(17)26/h1-3,6-8,10-14,19-20,22-25H,4-5H2,(H,16,21,26)(H2,27,28,29)/p-2/t6-,7+,8+,10+,11+,12+,13+,14+,36?/m0/s1. The molecule has 0 bridgehead atoms. The van der Waals surface area contributed by atoms with Gasteiger partial charge < -0.3 is 54.5 Å². The number of aromatic amines is 1. The van der Waals surface area contributed by atoms with Crippen LogP contribution in [0.15, 0.2) is 21.9 Å². The van der Waals surface area contributed by atoms with Crippen molar-refractivity contribution in [2.45, 2.75) is 49.0 Å². The van der Waals surface area contributed by atoms with E-state index in [1.54, 1.807) is 0 Å². The summed E-state index contributed by atoms with van der Waals surface area (Å²) in [5, 5.41) is 58.6. The van der Waals surface area contributed by atoms with E-state index in [0.29, 0.717) is 4.57 Å². The smallest absolute Gasteiger partial charge is 0.479 e. The largest absolute Gasteiger partial charge is 0.789 e. The Kier molecular flexibility index (Phi) is 10.4. The SMILES string of the molecule is O=C[C@H](O)[C@@H](O)[C@H](O)[C@@H](CO)OP(=O)(OC[C@H]1O[C@@H](n2ccc(=O)[nH]c2=O)[C@H](O)[C@@H]1O)OP(=O)([O-])[O-]. The number of aldehydes is 1. The average molecular weight is 564 g/mol. The maximum absolute atomic E-state index is 12.8. The molecule has 2 rings (SSSR count). The molecule has 0 radical (unpaired) electrons. The van der Waals surface area contributed by atoms with Crippen LogP contribution in [0, 0.1) is 0 Å². The Hall–Kier alpha value is -1.67. The summed E-state index contributed by atoms with van der Waals surface area (Å²) in [6, 6.07) is 0.889. The third-order valence-electron chi connectivity index (χ3n) is 4.72. The van der Waals surface area contributed by atoms with Gasteiger partial charge in [-0.05, 0) is 0 Å². The molecular formula is C15H22N2O17P2-2. The van der Waals surface area contributed by atoms with Crippen molar-refractivity contribution in [2.75, 3.05) is 13.2 Å². The molecular weight excluding hydrogens is 542 g/mol. The van der Waals surface area contributed by atoms with Crippen LogP contribution in [0.2, 0.25) is 0 Å². The predicted octanol–water partition coefficient (Wildman–Crippen LogP) is -6.22. The van der Waals surface area contributed by atoms with Gasteiger partial charge in [0.25, 0.3) is 5.56 Å². The van der Waals surface area contributed by atoms with Crippen LogP contribution in [0.5, 0.6) is 0 Å². The van der Waals surface area contributed by atoms with Crippen LogP contribution >= 0.6 is 15.6 Å². The van der Waals surface area contributed by atoms with Gasteiger partial charge in [-0.3, -0.25) is 27.7 Å². The number of aromatic nitrogens is 2. The number of carbonyl (C=O) groups is 1. The molecule has 1 aromatic rings. The molecule has 1 saturated heterocycles. The fourth-order valence-electron chi connectivity index (χ4n) is 2.96. The van der Waals surface area contributed by atoms with Crippen molar-refractivity contribution < 1.29 is 72.4 Å². The summed E-state index contributed by atoms with van der Waals surface area (Å²) in [6.45, 7) is -2.50. The Labute approximate surface area is 199 Å². The average Bonchev–Trinajstić information content (AvgIpc) is 3.07. The van der Waals surface area contributed by atoms with Gasteiger partial charge in [0.2, 0.25) is 0 Å². The van der Waals surface area contributed by atoms with Gasteiger partial charge in [0.15, 0.2) is 12.5 Å². The second-order valence-electron chi connectivity index (χ2n) is 7.27. The third kappa shape index (κ3) is 7.67. The first kappa shape index (κ1) is 30.6. The van der Waals surface area contributed by atoms with E-state index in [4.69, 9.17) is 4.74 Å². The molecule has 0 aromatic carbocycles. The molecule has 1 aliphatic rings. The van der Waals surface area contributed by atoms with Crippen molar-refractivity contribution in [3.63, 3.8) is 0 Å². The van der Waals surface area contributed by atoms with Crippen LogP contribution in [0.4, 0.5) is 0 Å². The number of hydrogen-bond donors (Lipinski definition) is 7. The van der Waals surface area contributed by atoms with Crippen LogP contribution in [-0.4, -0.2) is 102 Å². The van der Waals surface area contributed by atoms with Crippen LogP contribution in [0.1, 0.15) is 6.23 Å². The topological polar surface area (TPSA) is 310 Å². The summed E-state index contributed by atoms with van der Waals surface area (Å²) in [6.07, 6.45) is -15.6. The molecule has 19 nitrogen and oxygen atoms in total. The third-order valence-corrected chi connectivity index (χ3v) is 7.32. The zero-order chi connectivity index (χ0) is 27.4. The lowest BCUT2D eigenvalue weighted by atomic mass is 10.0. The first-order valence-electron chi connectivity index (χ1n) is 9.72. The van der Waals surface area contributed by atoms with E-state index in [1.807, 2.05) is 4.98 Å². The fourth-order valence-corrected chi connectivity index (χ4v) is 5.19. The van der Waals surface area contributed by atoms with Crippen LogP contribution in [0.3, 0.4) is 0 Å². The number of aliphatic hydroxyl groups excluding tert-OH is 6. The lowest BCUT2D eigenvalue weighted by Crippen LogP contribution is -2.47. The number of rotatable bonds is 13. The van der Waals surface area contributed by atoms with E-state index in [1.165, 1.54) is 0 Å². The molecule has 1 fully saturated rings. The van der Waals surface area contributed by atoms with Gasteiger partial charge >= 0.3 is 13.5 Å². The summed E-state index contributed by atoms with van der Waals surface area (Å²) < 4.78 is 42.7. The Morgan fingerprint density at radius 1 is 1.17 bits per heavy atom. The highest BCUT2D eigenvalue weighted by molar-refractivity contribution is 7.60. The van der Waals surface area contributed by atoms with Gasteiger partial charge in [0.05, 0.1) is 21.0 Å². The molecule has 0 saturated carbocycles. The lowest BCUT2D eigenvalue weighted by molar-refractivity contribution is -0.335.